The van der Waals surface area contributed by atoms with E-state index in [9.17, 15) is 0 Å². The number of rotatable bonds is 1. The van der Waals surface area contributed by atoms with Gasteiger partial charge in [0.25, 0.3) is 0 Å². The molecule has 0 saturated carbocycles. The van der Waals surface area contributed by atoms with E-state index in [2.05, 4.69) is 10.2 Å². The van der Waals surface area contributed by atoms with E-state index in [0.717, 1.165) is 10.6 Å². The molecule has 0 atom stereocenters. The molecular formula is C8H5Cl3N2S. The second-order valence-corrected chi connectivity index (χ2v) is 5.87. The normalized spacial score (nSPS) is 11.9. The molecule has 74 valence electrons. The first-order valence-corrected chi connectivity index (χ1v) is 5.75. The smallest absolute Gasteiger partial charge is 0.232 e. The number of nitrogens with zero attached hydrogens (tertiary/aromatic N) is 1. The zero-order valence-electron chi connectivity index (χ0n) is 6.80. The molecule has 2 aromatic rings. The number of hydrogen-bond donors (Lipinski definition) is 1. The number of alkyl halides is 3. The summed E-state index contributed by atoms with van der Waals surface area (Å²) >= 11 is 18.7. The van der Waals surface area contributed by atoms with E-state index < -0.39 is 3.79 Å². The monoisotopic (exact) mass is 266 g/mol. The number of hydrogen-bond acceptors (Lipinski definition) is 2. The van der Waals surface area contributed by atoms with E-state index in [-0.39, 0.29) is 0 Å². The lowest BCUT2D eigenvalue weighted by Gasteiger charge is -2.05. The van der Waals surface area contributed by atoms with Crippen LogP contribution in [0.4, 0.5) is 0 Å². The molecule has 14 heavy (non-hydrogen) atoms. The van der Waals surface area contributed by atoms with Gasteiger partial charge in [0.2, 0.25) is 3.79 Å². The Labute approximate surface area is 99.8 Å². The fraction of sp³-hybridized carbons (Fsp3) is 0.125. The lowest BCUT2D eigenvalue weighted by atomic mass is 10.3. The molecule has 0 radical (unpaired) electrons. The molecule has 0 fully saturated rings. The summed E-state index contributed by atoms with van der Waals surface area (Å²) in [5.41, 5.74) is 1.27. The number of thiophene rings is 1. The third kappa shape index (κ3) is 2.06. The third-order valence-corrected chi connectivity index (χ3v) is 3.16. The van der Waals surface area contributed by atoms with Crippen LogP contribution in [0.1, 0.15) is 5.69 Å². The Hall–Kier alpha value is -0.220. The van der Waals surface area contributed by atoms with Crippen LogP contribution in [0.25, 0.3) is 10.6 Å². The Morgan fingerprint density at radius 2 is 2.14 bits per heavy atom. The van der Waals surface area contributed by atoms with E-state index in [1.165, 1.54) is 0 Å². The van der Waals surface area contributed by atoms with Gasteiger partial charge in [-0.3, -0.25) is 5.10 Å². The average Bonchev–Trinajstić information content (AvgIpc) is 2.73. The quantitative estimate of drug-likeness (QED) is 0.778. The number of halogens is 3. The van der Waals surface area contributed by atoms with E-state index in [1.807, 2.05) is 17.5 Å². The zero-order chi connectivity index (χ0) is 10.2. The van der Waals surface area contributed by atoms with Gasteiger partial charge in [0, 0.05) is 0 Å². The molecular weight excluding hydrogens is 263 g/mol. The van der Waals surface area contributed by atoms with E-state index in [0.29, 0.717) is 5.69 Å². The molecule has 0 saturated heterocycles. The summed E-state index contributed by atoms with van der Waals surface area (Å²) < 4.78 is -1.44. The first-order valence-electron chi connectivity index (χ1n) is 3.74. The highest BCUT2D eigenvalue weighted by Crippen LogP contribution is 2.38. The minimum Gasteiger partial charge on any atom is -0.278 e. The molecule has 0 aliphatic heterocycles. The molecule has 6 heteroatoms. The van der Waals surface area contributed by atoms with Crippen LogP contribution in [-0.4, -0.2) is 10.2 Å². The number of nitrogens with one attached hydrogen (secondary N) is 1. The first-order chi connectivity index (χ1) is 6.57. The molecule has 0 aromatic carbocycles. The molecule has 0 unspecified atom stereocenters. The van der Waals surface area contributed by atoms with Gasteiger partial charge in [0.05, 0.1) is 10.6 Å². The molecule has 0 bridgehead atoms. The Balaban J connectivity index is 2.36. The van der Waals surface area contributed by atoms with Gasteiger partial charge in [0.15, 0.2) is 0 Å². The topological polar surface area (TPSA) is 28.7 Å². The van der Waals surface area contributed by atoms with Crippen LogP contribution in [0.2, 0.25) is 0 Å². The van der Waals surface area contributed by atoms with Crippen LogP contribution < -0.4 is 0 Å². The van der Waals surface area contributed by atoms with Crippen molar-refractivity contribution in [3.63, 3.8) is 0 Å². The van der Waals surface area contributed by atoms with E-state index >= 15 is 0 Å². The van der Waals surface area contributed by atoms with Gasteiger partial charge >= 0.3 is 0 Å². The summed E-state index contributed by atoms with van der Waals surface area (Å²) in [7, 11) is 0. The molecule has 0 spiro atoms. The molecule has 2 heterocycles. The number of aromatic amines is 1. The van der Waals surface area contributed by atoms with Gasteiger partial charge in [-0.15, -0.1) is 11.3 Å². The summed E-state index contributed by atoms with van der Waals surface area (Å²) in [6, 6.07) is 5.64. The summed E-state index contributed by atoms with van der Waals surface area (Å²) in [4.78, 5) is 1.04. The molecule has 2 nitrogen and oxygen atoms in total. The van der Waals surface area contributed by atoms with Crippen LogP contribution in [0.5, 0.6) is 0 Å². The van der Waals surface area contributed by atoms with Crippen LogP contribution in [0.15, 0.2) is 23.6 Å². The highest BCUT2D eigenvalue weighted by molar-refractivity contribution is 7.13. The van der Waals surface area contributed by atoms with Crippen LogP contribution in [0, 0.1) is 0 Å². The van der Waals surface area contributed by atoms with E-state index in [4.69, 9.17) is 34.8 Å². The van der Waals surface area contributed by atoms with Gasteiger partial charge in [-0.25, -0.2) is 0 Å². The minimum absolute atomic E-state index is 0.478. The van der Waals surface area contributed by atoms with Crippen LogP contribution in [0.3, 0.4) is 0 Å². The minimum atomic E-state index is -1.44. The molecule has 1 N–H and O–H groups in total. The molecule has 0 amide bonds. The van der Waals surface area contributed by atoms with Gasteiger partial charge in [0.1, 0.15) is 5.69 Å². The fourth-order valence-electron chi connectivity index (χ4n) is 1.02. The Morgan fingerprint density at radius 1 is 1.36 bits per heavy atom. The van der Waals surface area contributed by atoms with Crippen molar-refractivity contribution in [3.05, 3.63) is 29.3 Å². The van der Waals surface area contributed by atoms with Crippen molar-refractivity contribution in [2.24, 2.45) is 0 Å². The fourth-order valence-corrected chi connectivity index (χ4v) is 1.99. The van der Waals surface area contributed by atoms with E-state index in [1.54, 1.807) is 17.4 Å². The summed E-state index contributed by atoms with van der Waals surface area (Å²) in [6.07, 6.45) is 0. The maximum Gasteiger partial charge on any atom is 0.232 e. The van der Waals surface area contributed by atoms with Gasteiger partial charge in [-0.1, -0.05) is 40.9 Å². The molecule has 0 aliphatic carbocycles. The van der Waals surface area contributed by atoms with Crippen molar-refractivity contribution in [2.75, 3.05) is 0 Å². The average molecular weight is 268 g/mol. The number of aromatic nitrogens is 2. The van der Waals surface area contributed by atoms with Crippen molar-refractivity contribution < 1.29 is 0 Å². The summed E-state index contributed by atoms with van der Waals surface area (Å²) in [5, 5.41) is 8.72. The maximum absolute atomic E-state index is 5.70. The third-order valence-electron chi connectivity index (χ3n) is 1.66. The van der Waals surface area contributed by atoms with Crippen LogP contribution in [-0.2, 0) is 3.79 Å². The van der Waals surface area contributed by atoms with Crippen molar-refractivity contribution >= 4 is 46.1 Å². The second kappa shape index (κ2) is 3.74. The van der Waals surface area contributed by atoms with Gasteiger partial charge < -0.3 is 0 Å². The largest absolute Gasteiger partial charge is 0.278 e. The molecule has 2 rings (SSSR count). The Kier molecular flexibility index (Phi) is 2.75. The maximum atomic E-state index is 5.70. The zero-order valence-corrected chi connectivity index (χ0v) is 9.88. The SMILES string of the molecule is ClC(Cl)(Cl)c1cc(-c2cccs2)n[nH]1. The molecule has 2 aromatic heterocycles. The highest BCUT2D eigenvalue weighted by atomic mass is 35.6. The standard InChI is InChI=1S/C8H5Cl3N2S/c9-8(10,11)7-4-5(12-13-7)6-2-1-3-14-6/h1-4H,(H,12,13). The van der Waals surface area contributed by atoms with Gasteiger partial charge in [-0.05, 0) is 17.5 Å². The summed E-state index contributed by atoms with van der Waals surface area (Å²) in [5.74, 6) is 0. The Bertz CT molecular complexity index is 416. The lowest BCUT2D eigenvalue weighted by molar-refractivity contribution is 1.00. The molecule has 0 aliphatic rings. The Morgan fingerprint density at radius 3 is 2.64 bits per heavy atom. The van der Waals surface area contributed by atoms with Crippen molar-refractivity contribution in [1.29, 1.82) is 0 Å². The van der Waals surface area contributed by atoms with Crippen molar-refractivity contribution in [1.82, 2.24) is 10.2 Å². The first kappa shape index (κ1) is 10.3. The van der Waals surface area contributed by atoms with Crippen molar-refractivity contribution in [3.8, 4) is 10.6 Å². The van der Waals surface area contributed by atoms with Crippen LogP contribution >= 0.6 is 46.1 Å². The predicted molar refractivity (Wildman–Crippen MR) is 61.1 cm³/mol. The number of H-pyrrole nitrogens is 1. The summed E-state index contributed by atoms with van der Waals surface area (Å²) in [6.45, 7) is 0. The highest BCUT2D eigenvalue weighted by Gasteiger charge is 2.25. The van der Waals surface area contributed by atoms with Crippen molar-refractivity contribution in [2.45, 2.75) is 3.79 Å². The lowest BCUT2D eigenvalue weighted by Crippen LogP contribution is -1.99. The van der Waals surface area contributed by atoms with Gasteiger partial charge in [-0.2, -0.15) is 5.10 Å². The predicted octanol–water partition coefficient (Wildman–Crippen LogP) is 3.96. The second-order valence-electron chi connectivity index (χ2n) is 2.64.